The number of ether oxygens (including phenoxy) is 1. The quantitative estimate of drug-likeness (QED) is 0.721. The Bertz CT molecular complexity index is 1090. The van der Waals surface area contributed by atoms with Gasteiger partial charge >= 0.3 is 0 Å². The van der Waals surface area contributed by atoms with E-state index in [2.05, 4.69) is 32.9 Å². The van der Waals surface area contributed by atoms with Gasteiger partial charge in [0.1, 0.15) is 5.75 Å². The summed E-state index contributed by atoms with van der Waals surface area (Å²) in [5.41, 5.74) is 4.70. The summed E-state index contributed by atoms with van der Waals surface area (Å²) in [5, 5.41) is 11.6. The van der Waals surface area contributed by atoms with Crippen molar-refractivity contribution in [1.82, 2.24) is 0 Å². The Morgan fingerprint density at radius 3 is 2.58 bits per heavy atom. The van der Waals surface area contributed by atoms with Crippen molar-refractivity contribution in [3.8, 4) is 16.9 Å². The van der Waals surface area contributed by atoms with Crippen LogP contribution in [0.5, 0.6) is 5.75 Å². The Kier molecular flexibility index (Phi) is 4.21. The fourth-order valence-electron chi connectivity index (χ4n) is 7.29. The predicted octanol–water partition coefficient (Wildman–Crippen LogP) is 5.25. The summed E-state index contributed by atoms with van der Waals surface area (Å²) >= 11 is 0. The van der Waals surface area contributed by atoms with E-state index in [0.717, 1.165) is 23.3 Å². The molecule has 5 rings (SSSR count). The number of furan rings is 1. The van der Waals surface area contributed by atoms with Crippen LogP contribution >= 0.6 is 0 Å². The van der Waals surface area contributed by atoms with Gasteiger partial charge in [0.05, 0.1) is 25.7 Å². The van der Waals surface area contributed by atoms with Gasteiger partial charge in [-0.3, -0.25) is 4.79 Å². The van der Waals surface area contributed by atoms with E-state index in [1.54, 1.807) is 25.7 Å². The minimum Gasteiger partial charge on any atom is -0.496 e. The molecule has 164 valence electrons. The van der Waals surface area contributed by atoms with E-state index in [1.807, 2.05) is 19.9 Å². The van der Waals surface area contributed by atoms with E-state index in [4.69, 9.17) is 9.15 Å². The van der Waals surface area contributed by atoms with Crippen molar-refractivity contribution >= 4 is 5.78 Å². The van der Waals surface area contributed by atoms with Gasteiger partial charge in [-0.1, -0.05) is 33.8 Å². The van der Waals surface area contributed by atoms with Gasteiger partial charge in [0.15, 0.2) is 5.78 Å². The van der Waals surface area contributed by atoms with E-state index in [-0.39, 0.29) is 23.0 Å². The molecule has 5 atom stereocenters. The summed E-state index contributed by atoms with van der Waals surface area (Å²) in [6.45, 7) is 10.8. The van der Waals surface area contributed by atoms with Gasteiger partial charge in [0, 0.05) is 22.0 Å². The lowest BCUT2D eigenvalue weighted by atomic mass is 9.44. The molecular weight excluding hydrogens is 388 g/mol. The molecule has 1 aromatic heterocycles. The van der Waals surface area contributed by atoms with Crippen molar-refractivity contribution in [2.75, 3.05) is 7.11 Å². The fraction of sp³-hybridized carbons (Fsp3) is 0.519. The van der Waals surface area contributed by atoms with Gasteiger partial charge < -0.3 is 14.3 Å². The number of fused-ring (bicyclic) bond motifs is 5. The molecule has 2 aromatic rings. The lowest BCUT2D eigenvalue weighted by Gasteiger charge is -2.59. The zero-order chi connectivity index (χ0) is 22.3. The summed E-state index contributed by atoms with van der Waals surface area (Å²) in [7, 11) is 1.70. The molecule has 0 bridgehead atoms. The Morgan fingerprint density at radius 2 is 1.94 bits per heavy atom. The van der Waals surface area contributed by atoms with Crippen molar-refractivity contribution in [2.24, 2.45) is 22.7 Å². The highest BCUT2D eigenvalue weighted by Gasteiger charge is 2.65. The normalized spacial score (nSPS) is 35.5. The van der Waals surface area contributed by atoms with Crippen LogP contribution in [0, 0.1) is 29.6 Å². The Morgan fingerprint density at radius 1 is 1.19 bits per heavy atom. The van der Waals surface area contributed by atoms with Crippen molar-refractivity contribution in [2.45, 2.75) is 59.0 Å². The smallest absolute Gasteiger partial charge is 0.161 e. The van der Waals surface area contributed by atoms with Crippen molar-refractivity contribution in [3.63, 3.8) is 0 Å². The number of hydrogen-bond acceptors (Lipinski definition) is 4. The molecule has 3 aliphatic rings. The number of allylic oxidation sites excluding steroid dienone is 2. The molecule has 1 N–H and O–H groups in total. The van der Waals surface area contributed by atoms with Gasteiger partial charge in [0.25, 0.3) is 0 Å². The molecule has 0 saturated heterocycles. The van der Waals surface area contributed by atoms with Crippen LogP contribution in [0.25, 0.3) is 11.1 Å². The van der Waals surface area contributed by atoms with Crippen LogP contribution in [-0.4, -0.2) is 24.1 Å². The number of carbonyl (C=O) groups is 1. The molecule has 3 aliphatic carbocycles. The molecule has 1 saturated carbocycles. The van der Waals surface area contributed by atoms with Gasteiger partial charge in [-0.15, -0.1) is 0 Å². The first-order chi connectivity index (χ1) is 14.6. The average Bonchev–Trinajstić information content (AvgIpc) is 3.35. The molecule has 5 unspecified atom stereocenters. The largest absolute Gasteiger partial charge is 0.496 e. The van der Waals surface area contributed by atoms with Crippen LogP contribution in [0.3, 0.4) is 0 Å². The first kappa shape index (κ1) is 20.6. The monoisotopic (exact) mass is 420 g/mol. The Labute approximate surface area is 184 Å². The molecule has 0 aliphatic heterocycles. The molecule has 0 spiro atoms. The van der Waals surface area contributed by atoms with Gasteiger partial charge in [-0.2, -0.15) is 0 Å². The number of rotatable bonds is 2. The standard InChI is InChI=1S/C27H32O4/c1-15-17-11-21-26(4)9-7-22(28)25(2,3)20(26)13-23(29)27(21,5)18(17)12-19(30-6)24(15)16-8-10-31-14-16/h7-10,12,14,20-21,23,29H,11,13H2,1-6H3. The number of carbonyl (C=O) groups excluding carboxylic acids is 1. The summed E-state index contributed by atoms with van der Waals surface area (Å²) < 4.78 is 11.2. The van der Waals surface area contributed by atoms with Crippen molar-refractivity contribution in [3.05, 3.63) is 53.5 Å². The molecule has 0 amide bonds. The first-order valence-corrected chi connectivity index (χ1v) is 11.2. The maximum Gasteiger partial charge on any atom is 0.161 e. The number of aliphatic hydroxyl groups excluding tert-OH is 1. The molecular formula is C27H32O4. The maximum absolute atomic E-state index is 12.7. The molecule has 1 aromatic carbocycles. The molecule has 4 heteroatoms. The second kappa shape index (κ2) is 6.35. The van der Waals surface area contributed by atoms with Crippen molar-refractivity contribution in [1.29, 1.82) is 0 Å². The summed E-state index contributed by atoms with van der Waals surface area (Å²) in [6, 6.07) is 4.10. The van der Waals surface area contributed by atoms with Crippen LogP contribution in [0.4, 0.5) is 0 Å². The molecule has 0 radical (unpaired) electrons. The van der Waals surface area contributed by atoms with Crippen LogP contribution in [0.15, 0.2) is 41.2 Å². The SMILES string of the molecule is COc1cc2c(c(C)c1-c1ccoc1)CC1C3(C)C=CC(=O)C(C)(C)C3CC(O)C21C. The predicted molar refractivity (Wildman–Crippen MR) is 120 cm³/mol. The fourth-order valence-corrected chi connectivity index (χ4v) is 7.29. The number of ketones is 1. The zero-order valence-electron chi connectivity index (χ0n) is 19.3. The third kappa shape index (κ3) is 2.43. The minimum atomic E-state index is -0.515. The molecule has 1 heterocycles. The minimum absolute atomic E-state index is 0.107. The van der Waals surface area contributed by atoms with Crippen LogP contribution in [0.2, 0.25) is 0 Å². The Balaban J connectivity index is 1.73. The number of hydrogen-bond donors (Lipinski definition) is 1. The summed E-state index contributed by atoms with van der Waals surface area (Å²) in [4.78, 5) is 12.7. The van der Waals surface area contributed by atoms with E-state index in [1.165, 1.54) is 16.7 Å². The Hall–Kier alpha value is -2.33. The van der Waals surface area contributed by atoms with E-state index in [9.17, 15) is 9.90 Å². The van der Waals surface area contributed by atoms with Crippen LogP contribution in [-0.2, 0) is 16.6 Å². The van der Waals surface area contributed by atoms with Crippen LogP contribution in [0.1, 0.15) is 50.8 Å². The highest BCUT2D eigenvalue weighted by molar-refractivity contribution is 5.95. The average molecular weight is 421 g/mol. The van der Waals surface area contributed by atoms with Crippen LogP contribution < -0.4 is 4.74 Å². The van der Waals surface area contributed by atoms with E-state index in [0.29, 0.717) is 6.42 Å². The maximum atomic E-state index is 12.7. The van der Waals surface area contributed by atoms with Gasteiger partial charge in [0.2, 0.25) is 0 Å². The van der Waals surface area contributed by atoms with Gasteiger partial charge in [-0.05, 0) is 71.9 Å². The highest BCUT2D eigenvalue weighted by Crippen LogP contribution is 2.66. The first-order valence-electron chi connectivity index (χ1n) is 11.2. The summed E-state index contributed by atoms with van der Waals surface area (Å²) in [6.07, 6.45) is 8.37. The van der Waals surface area contributed by atoms with Gasteiger partial charge in [-0.25, -0.2) is 0 Å². The lowest BCUT2D eigenvalue weighted by Crippen LogP contribution is -2.60. The third-order valence-electron chi connectivity index (χ3n) is 9.17. The highest BCUT2D eigenvalue weighted by atomic mass is 16.5. The number of methoxy groups -OCH3 is 1. The van der Waals surface area contributed by atoms with Crippen molar-refractivity contribution < 1.29 is 19.1 Å². The molecule has 1 fully saturated rings. The van der Waals surface area contributed by atoms with E-state index < -0.39 is 16.9 Å². The second-order valence-electron chi connectivity index (χ2n) is 10.7. The van der Waals surface area contributed by atoms with E-state index >= 15 is 0 Å². The zero-order valence-corrected chi connectivity index (χ0v) is 19.3. The third-order valence-corrected chi connectivity index (χ3v) is 9.17. The molecule has 31 heavy (non-hydrogen) atoms. The second-order valence-corrected chi connectivity index (χ2v) is 10.7. The number of aliphatic hydroxyl groups is 1. The lowest BCUT2D eigenvalue weighted by molar-refractivity contribution is -0.143. The summed E-state index contributed by atoms with van der Waals surface area (Å²) in [5.74, 6) is 1.29. The molecule has 4 nitrogen and oxygen atoms in total. The number of benzene rings is 1. The topological polar surface area (TPSA) is 59.7 Å².